The van der Waals surface area contributed by atoms with Crippen molar-refractivity contribution in [3.8, 4) is 0 Å². The molecule has 0 spiro atoms. The second-order valence-electron chi connectivity index (χ2n) is 4.45. The summed E-state index contributed by atoms with van der Waals surface area (Å²) in [4.78, 5) is 9.81. The minimum absolute atomic E-state index is 0.0695. The first kappa shape index (κ1) is 16.4. The van der Waals surface area contributed by atoms with Crippen molar-refractivity contribution >= 4 is 27.3 Å². The van der Waals surface area contributed by atoms with Gasteiger partial charge in [-0.1, -0.05) is 42.5 Å². The van der Waals surface area contributed by atoms with E-state index in [1.807, 2.05) is 6.07 Å². The molecule has 0 radical (unpaired) electrons. The highest BCUT2D eigenvalue weighted by molar-refractivity contribution is 7.89. The number of sulfonamides is 1. The van der Waals surface area contributed by atoms with Crippen molar-refractivity contribution in [2.75, 3.05) is 6.54 Å². The minimum Gasteiger partial charge on any atom is -0.258 e. The van der Waals surface area contributed by atoms with Crippen LogP contribution in [-0.2, 0) is 10.0 Å². The van der Waals surface area contributed by atoms with Crippen LogP contribution in [0.5, 0.6) is 0 Å². The van der Waals surface area contributed by atoms with Gasteiger partial charge in [0.15, 0.2) is 4.90 Å². The molecule has 2 aromatic carbocycles. The average molecular weight is 341 g/mol. The summed E-state index contributed by atoms with van der Waals surface area (Å²) in [6.45, 7) is -0.0695. The molecule has 116 valence electrons. The molecule has 0 fully saturated rings. The molecular weight excluding hydrogens is 328 g/mol. The number of para-hydroxylation sites is 1. The van der Waals surface area contributed by atoms with Crippen molar-refractivity contribution in [2.24, 2.45) is 0 Å². The maximum Gasteiger partial charge on any atom is 0.289 e. The Kier molecular flexibility index (Phi) is 5.12. The van der Waals surface area contributed by atoms with E-state index in [2.05, 4.69) is 4.72 Å². The Bertz CT molecular complexity index is 765. The van der Waals surface area contributed by atoms with E-state index in [0.717, 1.165) is 11.6 Å². The van der Waals surface area contributed by atoms with Crippen molar-refractivity contribution in [1.29, 1.82) is 0 Å². The summed E-state index contributed by atoms with van der Waals surface area (Å²) >= 11 is 6.14. The second kappa shape index (κ2) is 6.87. The Morgan fingerprint density at radius 1 is 1.09 bits per heavy atom. The molecule has 2 rings (SSSR count). The first-order valence-electron chi connectivity index (χ1n) is 6.34. The van der Waals surface area contributed by atoms with Gasteiger partial charge in [-0.2, -0.15) is 0 Å². The van der Waals surface area contributed by atoms with E-state index in [9.17, 15) is 18.5 Å². The highest BCUT2D eigenvalue weighted by atomic mass is 35.5. The van der Waals surface area contributed by atoms with Crippen LogP contribution in [0.2, 0.25) is 0 Å². The number of nitrogens with zero attached hydrogens (tertiary/aromatic N) is 1. The molecule has 22 heavy (non-hydrogen) atoms. The van der Waals surface area contributed by atoms with Gasteiger partial charge in [0.1, 0.15) is 0 Å². The smallest absolute Gasteiger partial charge is 0.258 e. The fraction of sp³-hybridized carbons (Fsp3) is 0.143. The number of hydrogen-bond acceptors (Lipinski definition) is 4. The number of hydrogen-bond donors (Lipinski definition) is 1. The zero-order valence-electron chi connectivity index (χ0n) is 11.3. The van der Waals surface area contributed by atoms with E-state index in [4.69, 9.17) is 11.6 Å². The molecule has 0 aliphatic rings. The van der Waals surface area contributed by atoms with E-state index >= 15 is 0 Å². The maximum absolute atomic E-state index is 12.2. The molecule has 0 amide bonds. The quantitative estimate of drug-likeness (QED) is 0.497. The molecule has 0 saturated heterocycles. The van der Waals surface area contributed by atoms with E-state index in [0.29, 0.717) is 0 Å². The summed E-state index contributed by atoms with van der Waals surface area (Å²) in [5.41, 5.74) is 0.287. The molecule has 2 aromatic rings. The average Bonchev–Trinajstić information content (AvgIpc) is 2.53. The largest absolute Gasteiger partial charge is 0.289 e. The summed E-state index contributed by atoms with van der Waals surface area (Å²) in [6.07, 6.45) is 0. The van der Waals surface area contributed by atoms with E-state index in [-0.39, 0.29) is 11.4 Å². The molecule has 6 nitrogen and oxygen atoms in total. The monoisotopic (exact) mass is 340 g/mol. The fourth-order valence-electron chi connectivity index (χ4n) is 1.88. The Balaban J connectivity index is 2.17. The molecule has 0 aliphatic carbocycles. The zero-order chi connectivity index (χ0) is 16.2. The lowest BCUT2D eigenvalue weighted by molar-refractivity contribution is -0.387. The van der Waals surface area contributed by atoms with Crippen molar-refractivity contribution < 1.29 is 13.3 Å². The number of halogens is 1. The van der Waals surface area contributed by atoms with E-state index in [1.165, 1.54) is 18.2 Å². The number of nitrogens with one attached hydrogen (secondary N) is 1. The van der Waals surface area contributed by atoms with E-state index in [1.54, 1.807) is 24.3 Å². The van der Waals surface area contributed by atoms with Gasteiger partial charge >= 0.3 is 0 Å². The Labute approximate surface area is 132 Å². The number of rotatable bonds is 6. The van der Waals surface area contributed by atoms with Gasteiger partial charge in [0.05, 0.1) is 10.3 Å². The number of alkyl halides is 1. The summed E-state index contributed by atoms with van der Waals surface area (Å²) in [5, 5.41) is 10.3. The maximum atomic E-state index is 12.2. The second-order valence-corrected chi connectivity index (χ2v) is 6.72. The van der Waals surface area contributed by atoms with Crippen LogP contribution in [0.1, 0.15) is 10.9 Å². The van der Waals surface area contributed by atoms with Gasteiger partial charge in [-0.05, 0) is 11.6 Å². The lowest BCUT2D eigenvalue weighted by atomic mass is 10.1. The van der Waals surface area contributed by atoms with Gasteiger partial charge < -0.3 is 0 Å². The van der Waals surface area contributed by atoms with Crippen LogP contribution in [0.4, 0.5) is 5.69 Å². The molecule has 1 unspecified atom stereocenters. The summed E-state index contributed by atoms with van der Waals surface area (Å²) in [6, 6.07) is 14.1. The molecule has 0 heterocycles. The fourth-order valence-corrected chi connectivity index (χ4v) is 3.41. The van der Waals surface area contributed by atoms with Gasteiger partial charge in [-0.3, -0.25) is 10.1 Å². The van der Waals surface area contributed by atoms with Crippen molar-refractivity contribution in [3.05, 3.63) is 70.3 Å². The Morgan fingerprint density at radius 2 is 1.68 bits per heavy atom. The van der Waals surface area contributed by atoms with Crippen molar-refractivity contribution in [1.82, 2.24) is 4.72 Å². The minimum atomic E-state index is -4.02. The normalized spacial score (nSPS) is 12.8. The third-order valence-electron chi connectivity index (χ3n) is 2.97. The topological polar surface area (TPSA) is 89.3 Å². The summed E-state index contributed by atoms with van der Waals surface area (Å²) in [7, 11) is -4.02. The lowest BCUT2D eigenvalue weighted by Gasteiger charge is -2.11. The summed E-state index contributed by atoms with van der Waals surface area (Å²) < 4.78 is 26.7. The predicted octanol–water partition coefficient (Wildman–Crippen LogP) is 2.85. The molecular formula is C14H13ClN2O4S. The third kappa shape index (κ3) is 3.82. The number of nitro benzene ring substituents is 1. The summed E-state index contributed by atoms with van der Waals surface area (Å²) in [5.74, 6) is 0. The highest BCUT2D eigenvalue weighted by Crippen LogP contribution is 2.24. The van der Waals surface area contributed by atoms with Crippen LogP contribution < -0.4 is 4.72 Å². The lowest BCUT2D eigenvalue weighted by Crippen LogP contribution is -2.27. The molecule has 0 bridgehead atoms. The van der Waals surface area contributed by atoms with Crippen LogP contribution in [-0.4, -0.2) is 19.9 Å². The van der Waals surface area contributed by atoms with Gasteiger partial charge in [-0.25, -0.2) is 13.1 Å². The highest BCUT2D eigenvalue weighted by Gasteiger charge is 2.25. The predicted molar refractivity (Wildman–Crippen MR) is 83.3 cm³/mol. The third-order valence-corrected chi connectivity index (χ3v) is 4.84. The first-order valence-corrected chi connectivity index (χ1v) is 8.26. The van der Waals surface area contributed by atoms with Crippen molar-refractivity contribution in [3.63, 3.8) is 0 Å². The van der Waals surface area contributed by atoms with Gasteiger partial charge in [-0.15, -0.1) is 11.6 Å². The molecule has 0 aliphatic heterocycles. The zero-order valence-corrected chi connectivity index (χ0v) is 12.9. The number of nitro groups is 1. The SMILES string of the molecule is O=[N+]([O-])c1ccccc1S(=O)(=O)NCC(Cl)c1ccccc1. The Hall–Kier alpha value is -1.96. The van der Waals surface area contributed by atoms with Crippen LogP contribution >= 0.6 is 11.6 Å². The molecule has 0 saturated carbocycles. The van der Waals surface area contributed by atoms with Crippen LogP contribution in [0.3, 0.4) is 0 Å². The first-order chi connectivity index (χ1) is 10.4. The van der Waals surface area contributed by atoms with E-state index < -0.39 is 26.0 Å². The van der Waals surface area contributed by atoms with Crippen LogP contribution in [0.25, 0.3) is 0 Å². The van der Waals surface area contributed by atoms with Gasteiger partial charge in [0.25, 0.3) is 5.69 Å². The van der Waals surface area contributed by atoms with Gasteiger partial charge in [0, 0.05) is 12.6 Å². The standard InChI is InChI=1S/C14H13ClN2O4S/c15-12(11-6-2-1-3-7-11)10-16-22(20,21)14-9-5-4-8-13(14)17(18)19/h1-9,12,16H,10H2. The number of benzene rings is 2. The molecule has 0 aromatic heterocycles. The molecule has 8 heteroatoms. The van der Waals surface area contributed by atoms with Crippen LogP contribution in [0.15, 0.2) is 59.5 Å². The van der Waals surface area contributed by atoms with Crippen molar-refractivity contribution in [2.45, 2.75) is 10.3 Å². The van der Waals surface area contributed by atoms with Gasteiger partial charge in [0.2, 0.25) is 10.0 Å². The molecule has 1 N–H and O–H groups in total. The van der Waals surface area contributed by atoms with Crippen LogP contribution in [0, 0.1) is 10.1 Å². The molecule has 1 atom stereocenters. The Morgan fingerprint density at radius 3 is 2.32 bits per heavy atom.